The predicted molar refractivity (Wildman–Crippen MR) is 119 cm³/mol. The number of methoxy groups -OCH3 is 1. The van der Waals surface area contributed by atoms with Crippen molar-refractivity contribution < 1.29 is 19.7 Å². The van der Waals surface area contributed by atoms with Gasteiger partial charge < -0.3 is 25.3 Å². The van der Waals surface area contributed by atoms with Crippen LogP contribution < -0.4 is 10.1 Å². The summed E-state index contributed by atoms with van der Waals surface area (Å²) in [6.45, 7) is 1.77. The number of nitrogens with zero attached hydrogens (tertiary/aromatic N) is 2. The number of hydrogen-bond acceptors (Lipinski definition) is 6. The van der Waals surface area contributed by atoms with Crippen molar-refractivity contribution in [2.75, 3.05) is 13.7 Å². The number of aromatic hydroxyl groups is 1. The molecule has 2 aromatic carbocycles. The number of fused-ring (bicyclic) bond motifs is 1. The van der Waals surface area contributed by atoms with Gasteiger partial charge in [0.1, 0.15) is 11.6 Å². The first kappa shape index (κ1) is 21.2. The number of carbonyl (C=O) groups is 1. The molecule has 0 saturated carbocycles. The fraction of sp³-hybridized carbons (Fsp3) is 0.208. The number of phenols is 1. The van der Waals surface area contributed by atoms with E-state index in [0.29, 0.717) is 45.8 Å². The van der Waals surface area contributed by atoms with Gasteiger partial charge in [0.25, 0.3) is 5.91 Å². The van der Waals surface area contributed by atoms with Crippen LogP contribution in [-0.4, -0.2) is 50.8 Å². The van der Waals surface area contributed by atoms with Crippen molar-refractivity contribution in [3.8, 4) is 34.1 Å². The molecule has 4 N–H and O–H groups in total. The Hall–Kier alpha value is -4.09. The number of aliphatic hydroxyl groups excluding tert-OH is 1. The number of carbonyl (C=O) groups excluding carboxylic acids is 1. The first-order chi connectivity index (χ1) is 15.5. The summed E-state index contributed by atoms with van der Waals surface area (Å²) in [5.74, 6) is 0.620. The van der Waals surface area contributed by atoms with Crippen LogP contribution in [0.15, 0.2) is 42.6 Å². The number of amides is 1. The van der Waals surface area contributed by atoms with E-state index in [9.17, 15) is 15.0 Å². The number of ether oxygens (including phenoxy) is 1. The van der Waals surface area contributed by atoms with Crippen molar-refractivity contribution in [1.82, 2.24) is 20.3 Å². The molecule has 0 spiro atoms. The second-order valence-corrected chi connectivity index (χ2v) is 7.22. The van der Waals surface area contributed by atoms with Gasteiger partial charge in [-0.25, -0.2) is 9.97 Å². The highest BCUT2D eigenvalue weighted by Crippen LogP contribution is 2.35. The molecule has 4 aromatic rings. The topological polar surface area (TPSA) is 120 Å². The molecule has 0 radical (unpaired) electrons. The summed E-state index contributed by atoms with van der Waals surface area (Å²) in [6.07, 6.45) is 2.10. The lowest BCUT2D eigenvalue weighted by Gasteiger charge is -2.13. The third-order valence-electron chi connectivity index (χ3n) is 5.18. The van der Waals surface area contributed by atoms with Crippen molar-refractivity contribution >= 4 is 16.9 Å². The van der Waals surface area contributed by atoms with E-state index in [2.05, 4.69) is 32.4 Å². The van der Waals surface area contributed by atoms with Gasteiger partial charge in [-0.2, -0.15) is 0 Å². The van der Waals surface area contributed by atoms with Gasteiger partial charge in [0.2, 0.25) is 5.88 Å². The first-order valence-corrected chi connectivity index (χ1v) is 10.1. The normalized spacial score (nSPS) is 11.7. The van der Waals surface area contributed by atoms with E-state index < -0.39 is 0 Å². The highest BCUT2D eigenvalue weighted by atomic mass is 16.5. The highest BCUT2D eigenvalue weighted by molar-refractivity contribution is 5.98. The van der Waals surface area contributed by atoms with Crippen LogP contribution in [0.25, 0.3) is 33.5 Å². The van der Waals surface area contributed by atoms with Gasteiger partial charge in [-0.1, -0.05) is 13.0 Å². The van der Waals surface area contributed by atoms with Crippen molar-refractivity contribution in [1.29, 1.82) is 0 Å². The molecule has 2 heterocycles. The van der Waals surface area contributed by atoms with E-state index >= 15 is 0 Å². The summed E-state index contributed by atoms with van der Waals surface area (Å²) < 4.78 is 5.30. The van der Waals surface area contributed by atoms with E-state index in [1.807, 2.05) is 6.92 Å². The Kier molecular flexibility index (Phi) is 5.92. The van der Waals surface area contributed by atoms with Gasteiger partial charge in [0.15, 0.2) is 0 Å². The molecule has 0 saturated heterocycles. The maximum atomic E-state index is 12.5. The molecule has 4 rings (SSSR count). The molecule has 2 aromatic heterocycles. The number of aromatic nitrogens is 3. The van der Waals surface area contributed by atoms with Gasteiger partial charge in [-0.3, -0.25) is 4.79 Å². The van der Waals surface area contributed by atoms with E-state index in [1.54, 1.807) is 36.4 Å². The Balaban J connectivity index is 1.70. The third-order valence-corrected chi connectivity index (χ3v) is 5.18. The van der Waals surface area contributed by atoms with Crippen LogP contribution in [0.5, 0.6) is 11.6 Å². The maximum Gasteiger partial charge on any atom is 0.251 e. The van der Waals surface area contributed by atoms with Crippen LogP contribution in [0.4, 0.5) is 0 Å². The summed E-state index contributed by atoms with van der Waals surface area (Å²) in [6, 6.07) is 15.7. The molecule has 0 fully saturated rings. The Morgan fingerprint density at radius 3 is 2.88 bits per heavy atom. The van der Waals surface area contributed by atoms with Crippen molar-refractivity contribution in [3.05, 3.63) is 60.3 Å². The van der Waals surface area contributed by atoms with Crippen LogP contribution in [-0.2, 0) is 0 Å². The van der Waals surface area contributed by atoms with E-state index in [-0.39, 0.29) is 24.3 Å². The molecule has 162 valence electrons. The summed E-state index contributed by atoms with van der Waals surface area (Å²) in [7, 11) is 1.53. The van der Waals surface area contributed by atoms with Crippen molar-refractivity contribution in [3.63, 3.8) is 0 Å². The second kappa shape index (κ2) is 8.96. The predicted octanol–water partition coefficient (Wildman–Crippen LogP) is 3.11. The van der Waals surface area contributed by atoms with Crippen LogP contribution in [0.1, 0.15) is 23.7 Å². The summed E-state index contributed by atoms with van der Waals surface area (Å²) in [4.78, 5) is 24.4. The zero-order valence-corrected chi connectivity index (χ0v) is 17.6. The molecule has 1 amide bonds. The van der Waals surface area contributed by atoms with Gasteiger partial charge >= 0.3 is 0 Å². The highest BCUT2D eigenvalue weighted by Gasteiger charge is 2.16. The molecule has 8 nitrogen and oxygen atoms in total. The number of phenolic OH excluding ortho intramolecular Hbond substituents is 1. The fourth-order valence-electron chi connectivity index (χ4n) is 3.37. The minimum atomic E-state index is -0.297. The number of aromatic amines is 1. The summed E-state index contributed by atoms with van der Waals surface area (Å²) >= 11 is 0. The van der Waals surface area contributed by atoms with E-state index in [1.165, 1.54) is 13.3 Å². The standard InChI is InChI=1S/C24H22N4O4/c1-3-16(13-29)26-23(31)15-6-8-19-20(12-15)28-22(27-19)18-11-14(7-9-21(18)30)17-5-4-10-25-24(17)32-2/h6-12,16,29-30H,3,13H2,1-2H3,(H,26,31)(H,27,28)/t16-/m1/s1. The Morgan fingerprint density at radius 2 is 2.12 bits per heavy atom. The number of benzene rings is 2. The lowest BCUT2D eigenvalue weighted by molar-refractivity contribution is 0.0915. The third kappa shape index (κ3) is 4.06. The monoisotopic (exact) mass is 430 g/mol. The Labute approximate surface area is 184 Å². The summed E-state index contributed by atoms with van der Waals surface area (Å²) in [5.41, 5.74) is 3.57. The number of aliphatic hydroxyl groups is 1. The smallest absolute Gasteiger partial charge is 0.251 e. The fourth-order valence-corrected chi connectivity index (χ4v) is 3.37. The van der Waals surface area contributed by atoms with Crippen molar-refractivity contribution in [2.45, 2.75) is 19.4 Å². The lowest BCUT2D eigenvalue weighted by atomic mass is 10.0. The van der Waals surface area contributed by atoms with Crippen LogP contribution in [0.2, 0.25) is 0 Å². The van der Waals surface area contributed by atoms with Gasteiger partial charge in [0, 0.05) is 5.56 Å². The largest absolute Gasteiger partial charge is 0.507 e. The molecule has 8 heteroatoms. The Bertz CT molecular complexity index is 1260. The number of imidazole rings is 1. The van der Waals surface area contributed by atoms with Crippen LogP contribution >= 0.6 is 0 Å². The molecule has 0 aliphatic rings. The number of hydrogen-bond donors (Lipinski definition) is 4. The quantitative estimate of drug-likeness (QED) is 0.358. The van der Waals surface area contributed by atoms with Gasteiger partial charge in [-0.15, -0.1) is 0 Å². The van der Waals surface area contributed by atoms with E-state index in [4.69, 9.17) is 4.74 Å². The van der Waals surface area contributed by atoms with Crippen molar-refractivity contribution in [2.24, 2.45) is 0 Å². The Morgan fingerprint density at radius 1 is 1.28 bits per heavy atom. The molecule has 1 atom stereocenters. The molecule has 0 aliphatic heterocycles. The first-order valence-electron chi connectivity index (χ1n) is 10.1. The molecule has 0 aliphatic carbocycles. The molecule has 0 bridgehead atoms. The van der Waals surface area contributed by atoms with Gasteiger partial charge in [0.05, 0.1) is 48.1 Å². The number of H-pyrrole nitrogens is 1. The summed E-state index contributed by atoms with van der Waals surface area (Å²) in [5, 5.41) is 22.6. The number of rotatable bonds is 7. The van der Waals surface area contributed by atoms with Gasteiger partial charge in [-0.05, 0) is 54.4 Å². The zero-order valence-electron chi connectivity index (χ0n) is 17.6. The second-order valence-electron chi connectivity index (χ2n) is 7.22. The average molecular weight is 430 g/mol. The van der Waals surface area contributed by atoms with Crippen LogP contribution in [0, 0.1) is 12.1 Å². The molecular weight excluding hydrogens is 408 g/mol. The minimum Gasteiger partial charge on any atom is -0.507 e. The molecule has 0 unspecified atom stereocenters. The van der Waals surface area contributed by atoms with Crippen LogP contribution in [0.3, 0.4) is 0 Å². The zero-order chi connectivity index (χ0) is 22.7. The maximum absolute atomic E-state index is 12.5. The average Bonchev–Trinajstić information content (AvgIpc) is 3.25. The SMILES string of the molecule is CC[C@H](CO)NC(=O)c1ccc2nc(-c3cc(-c4c#ccnc4OC)ccc3O)[nH]c2c1. The van der Waals surface area contributed by atoms with E-state index in [0.717, 1.165) is 5.56 Å². The minimum absolute atomic E-state index is 0.0475. The lowest BCUT2D eigenvalue weighted by Crippen LogP contribution is -2.36. The molecule has 32 heavy (non-hydrogen) atoms. The molecular formula is C24H22N4O4. The number of nitrogens with one attached hydrogen (secondary N) is 2.